The molecule has 0 radical (unpaired) electrons. The molecule has 1 atom stereocenters. The molecule has 1 saturated heterocycles. The fourth-order valence-electron chi connectivity index (χ4n) is 2.60. The second kappa shape index (κ2) is 6.50. The lowest BCUT2D eigenvalue weighted by molar-refractivity contribution is 0.0159. The third-order valence-electron chi connectivity index (χ3n) is 3.68. The van der Waals surface area contributed by atoms with Crippen molar-refractivity contribution < 1.29 is 19.0 Å². The molecule has 0 bridgehead atoms. The summed E-state index contributed by atoms with van der Waals surface area (Å²) < 4.78 is 16.9. The molecule has 0 spiro atoms. The van der Waals surface area contributed by atoms with E-state index in [2.05, 4.69) is 15.0 Å². The lowest BCUT2D eigenvalue weighted by Crippen LogP contribution is -2.11. The van der Waals surface area contributed by atoms with Gasteiger partial charge in [0.15, 0.2) is 5.13 Å². The molecule has 3 rings (SSSR count). The SMILES string of the molecule is COC(=O)Nc1nc2c(OC)ccc(C3CCCCO3)c2s1. The lowest BCUT2D eigenvalue weighted by Gasteiger charge is -2.23. The fourth-order valence-corrected chi connectivity index (χ4v) is 3.62. The van der Waals surface area contributed by atoms with E-state index in [1.54, 1.807) is 7.11 Å². The third kappa shape index (κ3) is 2.86. The molecule has 1 amide bonds. The number of thiazole rings is 1. The smallest absolute Gasteiger partial charge is 0.413 e. The highest BCUT2D eigenvalue weighted by atomic mass is 32.1. The Balaban J connectivity index is 2.03. The zero-order valence-corrected chi connectivity index (χ0v) is 13.4. The summed E-state index contributed by atoms with van der Waals surface area (Å²) in [7, 11) is 2.93. The molecule has 1 N–H and O–H groups in total. The van der Waals surface area contributed by atoms with Crippen LogP contribution in [0.25, 0.3) is 10.2 Å². The topological polar surface area (TPSA) is 69.7 Å². The Bertz CT molecular complexity index is 679. The van der Waals surface area contributed by atoms with Gasteiger partial charge in [0, 0.05) is 12.2 Å². The van der Waals surface area contributed by atoms with E-state index in [1.165, 1.54) is 18.4 Å². The van der Waals surface area contributed by atoms with Gasteiger partial charge in [0.1, 0.15) is 11.3 Å². The van der Waals surface area contributed by atoms with Gasteiger partial charge in [-0.05, 0) is 25.3 Å². The minimum atomic E-state index is -0.534. The van der Waals surface area contributed by atoms with E-state index in [0.717, 1.165) is 41.6 Å². The van der Waals surface area contributed by atoms with Gasteiger partial charge in [-0.25, -0.2) is 9.78 Å². The fraction of sp³-hybridized carbons (Fsp3) is 0.467. The Kier molecular flexibility index (Phi) is 4.44. The van der Waals surface area contributed by atoms with Crippen LogP contribution in [0.5, 0.6) is 5.75 Å². The molecule has 1 unspecified atom stereocenters. The number of amides is 1. The number of ether oxygens (including phenoxy) is 3. The van der Waals surface area contributed by atoms with Crippen molar-refractivity contribution in [2.45, 2.75) is 25.4 Å². The summed E-state index contributed by atoms with van der Waals surface area (Å²) in [5.74, 6) is 0.684. The van der Waals surface area contributed by atoms with Gasteiger partial charge in [-0.3, -0.25) is 5.32 Å². The standard InChI is InChI=1S/C15H18N2O4S/c1-19-11-7-6-9(10-5-3-4-8-21-10)13-12(11)16-14(22-13)17-15(18)20-2/h6-7,10H,3-5,8H2,1-2H3,(H,16,17,18). The number of rotatable bonds is 3. The van der Waals surface area contributed by atoms with Crippen LogP contribution >= 0.6 is 11.3 Å². The zero-order chi connectivity index (χ0) is 15.5. The first-order chi connectivity index (χ1) is 10.7. The van der Waals surface area contributed by atoms with Crippen LogP contribution in [0.1, 0.15) is 30.9 Å². The quantitative estimate of drug-likeness (QED) is 0.932. The van der Waals surface area contributed by atoms with Crippen molar-refractivity contribution in [3.63, 3.8) is 0 Å². The number of methoxy groups -OCH3 is 2. The number of anilines is 1. The van der Waals surface area contributed by atoms with Gasteiger partial charge in [0.2, 0.25) is 0 Å². The second-order valence-corrected chi connectivity index (χ2v) is 6.02. The highest BCUT2D eigenvalue weighted by Crippen LogP contribution is 2.40. The van der Waals surface area contributed by atoms with E-state index >= 15 is 0 Å². The number of fused-ring (bicyclic) bond motifs is 1. The summed E-state index contributed by atoms with van der Waals surface area (Å²) in [6.07, 6.45) is 2.80. The highest BCUT2D eigenvalue weighted by molar-refractivity contribution is 7.22. The molecule has 22 heavy (non-hydrogen) atoms. The van der Waals surface area contributed by atoms with E-state index in [9.17, 15) is 4.79 Å². The molecule has 0 aliphatic carbocycles. The molecule has 1 aliphatic heterocycles. The van der Waals surface area contributed by atoms with Gasteiger partial charge in [0.25, 0.3) is 0 Å². The minimum absolute atomic E-state index is 0.0774. The second-order valence-electron chi connectivity index (χ2n) is 5.03. The molecule has 1 aromatic heterocycles. The lowest BCUT2D eigenvalue weighted by atomic mass is 10.0. The summed E-state index contributed by atoms with van der Waals surface area (Å²) in [4.78, 5) is 15.8. The first-order valence-corrected chi connectivity index (χ1v) is 7.98. The number of nitrogens with one attached hydrogen (secondary N) is 1. The maximum atomic E-state index is 11.4. The maximum absolute atomic E-state index is 11.4. The average molecular weight is 322 g/mol. The van der Waals surface area contributed by atoms with Crippen molar-refractivity contribution >= 4 is 32.8 Å². The van der Waals surface area contributed by atoms with Gasteiger partial charge < -0.3 is 14.2 Å². The molecule has 0 saturated carbocycles. The van der Waals surface area contributed by atoms with Gasteiger partial charge in [-0.15, -0.1) is 0 Å². The number of benzene rings is 1. The zero-order valence-electron chi connectivity index (χ0n) is 12.5. The third-order valence-corrected chi connectivity index (χ3v) is 4.70. The summed E-state index contributed by atoms with van der Waals surface area (Å²) in [6.45, 7) is 0.782. The summed E-state index contributed by atoms with van der Waals surface area (Å²) in [6, 6.07) is 3.93. The van der Waals surface area contributed by atoms with Crippen LogP contribution in [0.2, 0.25) is 0 Å². The van der Waals surface area contributed by atoms with Gasteiger partial charge in [-0.2, -0.15) is 0 Å². The number of hydrogen-bond donors (Lipinski definition) is 1. The van der Waals surface area contributed by atoms with Gasteiger partial charge >= 0.3 is 6.09 Å². The molecule has 1 aliphatic rings. The number of carbonyl (C=O) groups excluding carboxylic acids is 1. The maximum Gasteiger partial charge on any atom is 0.413 e. The average Bonchev–Trinajstić information content (AvgIpc) is 2.97. The number of hydrogen-bond acceptors (Lipinski definition) is 6. The molecule has 6 nitrogen and oxygen atoms in total. The summed E-state index contributed by atoms with van der Waals surface area (Å²) >= 11 is 1.41. The molecule has 1 aromatic carbocycles. The Labute approximate surface area is 132 Å². The van der Waals surface area contributed by atoms with Crippen LogP contribution in [0.15, 0.2) is 12.1 Å². The molecule has 118 valence electrons. The Hall–Kier alpha value is -1.86. The Morgan fingerprint density at radius 1 is 1.41 bits per heavy atom. The largest absolute Gasteiger partial charge is 0.494 e. The van der Waals surface area contributed by atoms with Crippen LogP contribution in [0.3, 0.4) is 0 Å². The van der Waals surface area contributed by atoms with Crippen molar-refractivity contribution in [3.8, 4) is 5.75 Å². The predicted octanol–water partition coefficient (Wildman–Crippen LogP) is 3.72. The first kappa shape index (κ1) is 15.1. The Morgan fingerprint density at radius 2 is 2.27 bits per heavy atom. The van der Waals surface area contributed by atoms with Crippen molar-refractivity contribution in [2.24, 2.45) is 0 Å². The molecular formula is C15H18N2O4S. The minimum Gasteiger partial charge on any atom is -0.494 e. The van der Waals surface area contributed by atoms with Gasteiger partial charge in [-0.1, -0.05) is 17.4 Å². The molecule has 7 heteroatoms. The predicted molar refractivity (Wildman–Crippen MR) is 84.7 cm³/mol. The van der Waals surface area contributed by atoms with Crippen LogP contribution in [-0.4, -0.2) is 31.9 Å². The van der Waals surface area contributed by atoms with Crippen LogP contribution in [-0.2, 0) is 9.47 Å². The van der Waals surface area contributed by atoms with E-state index in [0.29, 0.717) is 10.9 Å². The first-order valence-electron chi connectivity index (χ1n) is 7.17. The molecule has 2 aromatic rings. The number of aromatic nitrogens is 1. The van der Waals surface area contributed by atoms with E-state index in [1.807, 2.05) is 12.1 Å². The summed E-state index contributed by atoms with van der Waals surface area (Å²) in [5.41, 5.74) is 1.84. The number of nitrogens with zero attached hydrogens (tertiary/aromatic N) is 1. The highest BCUT2D eigenvalue weighted by Gasteiger charge is 2.22. The van der Waals surface area contributed by atoms with Crippen molar-refractivity contribution in [1.29, 1.82) is 0 Å². The monoisotopic (exact) mass is 322 g/mol. The van der Waals surface area contributed by atoms with Crippen LogP contribution in [0, 0.1) is 0 Å². The normalized spacial score (nSPS) is 18.2. The van der Waals surface area contributed by atoms with Gasteiger partial charge in [0.05, 0.1) is 25.0 Å². The van der Waals surface area contributed by atoms with Crippen molar-refractivity contribution in [3.05, 3.63) is 17.7 Å². The van der Waals surface area contributed by atoms with Crippen LogP contribution in [0.4, 0.5) is 9.93 Å². The van der Waals surface area contributed by atoms with Crippen molar-refractivity contribution in [1.82, 2.24) is 4.98 Å². The number of carbonyl (C=O) groups is 1. The molecule has 1 fully saturated rings. The van der Waals surface area contributed by atoms with E-state index in [-0.39, 0.29) is 6.10 Å². The molecule has 2 heterocycles. The van der Waals surface area contributed by atoms with Crippen LogP contribution < -0.4 is 10.1 Å². The van der Waals surface area contributed by atoms with E-state index < -0.39 is 6.09 Å². The van der Waals surface area contributed by atoms with E-state index in [4.69, 9.17) is 9.47 Å². The Morgan fingerprint density at radius 3 is 2.95 bits per heavy atom. The van der Waals surface area contributed by atoms with Crippen molar-refractivity contribution in [2.75, 3.05) is 26.1 Å². The summed E-state index contributed by atoms with van der Waals surface area (Å²) in [5, 5.41) is 3.10. The molecular weight excluding hydrogens is 304 g/mol.